The van der Waals surface area contributed by atoms with Crippen LogP contribution < -0.4 is 20.5 Å². The number of anilines is 2. The number of benzene rings is 1. The number of nitrogens with two attached hydrogens (primary N) is 1. The molecular weight excluding hydrogens is 260 g/mol. The van der Waals surface area contributed by atoms with Crippen molar-refractivity contribution in [2.45, 2.75) is 19.4 Å². The molecule has 1 amide bonds. The summed E-state index contributed by atoms with van der Waals surface area (Å²) in [4.78, 5) is 12.2. The molecule has 1 aromatic rings. The van der Waals surface area contributed by atoms with Crippen molar-refractivity contribution < 1.29 is 19.0 Å². The van der Waals surface area contributed by atoms with Crippen LogP contribution in [-0.2, 0) is 9.53 Å². The minimum Gasteiger partial charge on any atom is -0.493 e. The van der Waals surface area contributed by atoms with Crippen LogP contribution in [0.5, 0.6) is 11.5 Å². The number of nitrogens with one attached hydrogen (secondary N) is 1. The van der Waals surface area contributed by atoms with Crippen LogP contribution in [0.3, 0.4) is 0 Å². The minimum atomic E-state index is -0.428. The summed E-state index contributed by atoms with van der Waals surface area (Å²) < 4.78 is 15.8. The highest BCUT2D eigenvalue weighted by atomic mass is 16.5. The second kappa shape index (κ2) is 6.00. The quantitative estimate of drug-likeness (QED) is 0.819. The Kier molecular flexibility index (Phi) is 4.34. The molecule has 0 aromatic heterocycles. The molecule has 0 bridgehead atoms. The predicted octanol–water partition coefficient (Wildman–Crippen LogP) is 1.65. The summed E-state index contributed by atoms with van der Waals surface area (Å²) in [6.45, 7) is 2.61. The Morgan fingerprint density at radius 1 is 1.35 bits per heavy atom. The highest BCUT2D eigenvalue weighted by Gasteiger charge is 2.31. The van der Waals surface area contributed by atoms with Gasteiger partial charge in [0.1, 0.15) is 6.10 Å². The maximum atomic E-state index is 12.2. The SMILES string of the molecule is COc1cc(N)c(NC(=O)C2OCCC2C)cc1OC. The third-order valence-corrected chi connectivity index (χ3v) is 3.46. The zero-order chi connectivity index (χ0) is 14.7. The van der Waals surface area contributed by atoms with Gasteiger partial charge in [0.25, 0.3) is 5.91 Å². The maximum Gasteiger partial charge on any atom is 0.253 e. The Bertz CT molecular complexity index is 504. The standard InChI is InChI=1S/C14H20N2O4/c1-8-4-5-20-13(8)14(17)16-10-7-12(19-3)11(18-2)6-9(10)15/h6-8,13H,4-5,15H2,1-3H3,(H,16,17). The zero-order valence-corrected chi connectivity index (χ0v) is 11.9. The van der Waals surface area contributed by atoms with Crippen molar-refractivity contribution in [3.8, 4) is 11.5 Å². The summed E-state index contributed by atoms with van der Waals surface area (Å²) in [6, 6.07) is 3.26. The number of hydrogen-bond acceptors (Lipinski definition) is 5. The summed E-state index contributed by atoms with van der Waals surface area (Å²) in [7, 11) is 3.06. The van der Waals surface area contributed by atoms with E-state index in [1.54, 1.807) is 12.1 Å². The topological polar surface area (TPSA) is 82.8 Å². The molecule has 1 aliphatic heterocycles. The molecule has 0 saturated carbocycles. The van der Waals surface area contributed by atoms with E-state index in [0.717, 1.165) is 6.42 Å². The van der Waals surface area contributed by atoms with Crippen molar-refractivity contribution in [2.75, 3.05) is 31.9 Å². The smallest absolute Gasteiger partial charge is 0.253 e. The number of carbonyl (C=O) groups excluding carboxylic acids is 1. The van der Waals surface area contributed by atoms with Gasteiger partial charge in [0, 0.05) is 18.7 Å². The maximum absolute atomic E-state index is 12.2. The molecule has 3 N–H and O–H groups in total. The molecule has 2 rings (SSSR count). The van der Waals surface area contributed by atoms with Gasteiger partial charge in [-0.3, -0.25) is 4.79 Å². The molecule has 1 aliphatic rings. The Morgan fingerprint density at radius 2 is 2.00 bits per heavy atom. The molecule has 2 unspecified atom stereocenters. The number of carbonyl (C=O) groups is 1. The fraction of sp³-hybridized carbons (Fsp3) is 0.500. The van der Waals surface area contributed by atoms with Crippen LogP contribution in [0.2, 0.25) is 0 Å². The van der Waals surface area contributed by atoms with E-state index in [-0.39, 0.29) is 11.8 Å². The van der Waals surface area contributed by atoms with E-state index >= 15 is 0 Å². The molecule has 6 nitrogen and oxygen atoms in total. The lowest BCUT2D eigenvalue weighted by molar-refractivity contribution is -0.126. The van der Waals surface area contributed by atoms with Crippen molar-refractivity contribution >= 4 is 17.3 Å². The lowest BCUT2D eigenvalue weighted by atomic mass is 10.0. The zero-order valence-electron chi connectivity index (χ0n) is 11.9. The fourth-order valence-electron chi connectivity index (χ4n) is 2.24. The van der Waals surface area contributed by atoms with E-state index in [9.17, 15) is 4.79 Å². The van der Waals surface area contributed by atoms with Crippen molar-refractivity contribution in [3.63, 3.8) is 0 Å². The molecule has 1 fully saturated rings. The van der Waals surface area contributed by atoms with Gasteiger partial charge in [-0.25, -0.2) is 0 Å². The van der Waals surface area contributed by atoms with Crippen LogP contribution >= 0.6 is 0 Å². The fourth-order valence-corrected chi connectivity index (χ4v) is 2.24. The van der Waals surface area contributed by atoms with E-state index < -0.39 is 6.10 Å². The number of methoxy groups -OCH3 is 2. The third kappa shape index (κ3) is 2.80. The molecule has 1 aromatic carbocycles. The van der Waals surface area contributed by atoms with Crippen LogP contribution in [0.15, 0.2) is 12.1 Å². The van der Waals surface area contributed by atoms with Crippen molar-refractivity contribution in [1.29, 1.82) is 0 Å². The third-order valence-electron chi connectivity index (χ3n) is 3.46. The predicted molar refractivity (Wildman–Crippen MR) is 76.1 cm³/mol. The Balaban J connectivity index is 2.18. The molecule has 2 atom stereocenters. The van der Waals surface area contributed by atoms with E-state index in [0.29, 0.717) is 29.5 Å². The average Bonchev–Trinajstić information content (AvgIpc) is 2.86. The van der Waals surface area contributed by atoms with Crippen LogP contribution in [-0.4, -0.2) is 32.8 Å². The van der Waals surface area contributed by atoms with Crippen LogP contribution in [0, 0.1) is 5.92 Å². The number of hydrogen-bond donors (Lipinski definition) is 2. The molecule has 0 radical (unpaired) electrons. The molecule has 110 valence electrons. The van der Waals surface area contributed by atoms with Crippen LogP contribution in [0.1, 0.15) is 13.3 Å². The van der Waals surface area contributed by atoms with E-state index in [2.05, 4.69) is 5.32 Å². The van der Waals surface area contributed by atoms with Gasteiger partial charge >= 0.3 is 0 Å². The highest BCUT2D eigenvalue weighted by Crippen LogP contribution is 2.35. The average molecular weight is 280 g/mol. The summed E-state index contributed by atoms with van der Waals surface area (Å²) in [5.74, 6) is 1.05. The normalized spacial score (nSPS) is 21.6. The second-order valence-corrected chi connectivity index (χ2v) is 4.84. The van der Waals surface area contributed by atoms with E-state index in [4.69, 9.17) is 19.9 Å². The molecule has 0 aliphatic carbocycles. The van der Waals surface area contributed by atoms with Gasteiger partial charge in [-0.2, -0.15) is 0 Å². The number of ether oxygens (including phenoxy) is 3. The summed E-state index contributed by atoms with van der Waals surface area (Å²) in [5, 5.41) is 2.78. The summed E-state index contributed by atoms with van der Waals surface area (Å²) in [6.07, 6.45) is 0.460. The van der Waals surface area contributed by atoms with Gasteiger partial charge in [-0.15, -0.1) is 0 Å². The van der Waals surface area contributed by atoms with Crippen molar-refractivity contribution in [3.05, 3.63) is 12.1 Å². The Labute approximate surface area is 118 Å². The van der Waals surface area contributed by atoms with Gasteiger partial charge in [0.05, 0.1) is 25.6 Å². The molecule has 1 saturated heterocycles. The number of nitrogen functional groups attached to an aromatic ring is 1. The second-order valence-electron chi connectivity index (χ2n) is 4.84. The van der Waals surface area contributed by atoms with E-state index in [1.165, 1.54) is 14.2 Å². The monoisotopic (exact) mass is 280 g/mol. The first kappa shape index (κ1) is 14.5. The summed E-state index contributed by atoms with van der Waals surface area (Å²) in [5.41, 5.74) is 6.82. The molecular formula is C14H20N2O4. The van der Waals surface area contributed by atoms with Gasteiger partial charge in [-0.05, 0) is 12.3 Å². The van der Waals surface area contributed by atoms with Crippen molar-refractivity contribution in [2.24, 2.45) is 5.92 Å². The first-order valence-electron chi connectivity index (χ1n) is 6.50. The van der Waals surface area contributed by atoms with Gasteiger partial charge in [0.2, 0.25) is 0 Å². The Hall–Kier alpha value is -1.95. The van der Waals surface area contributed by atoms with Gasteiger partial charge in [-0.1, -0.05) is 6.92 Å². The largest absolute Gasteiger partial charge is 0.493 e. The number of rotatable bonds is 4. The molecule has 6 heteroatoms. The first-order valence-corrected chi connectivity index (χ1v) is 6.50. The van der Waals surface area contributed by atoms with Crippen LogP contribution in [0.4, 0.5) is 11.4 Å². The van der Waals surface area contributed by atoms with Gasteiger partial charge < -0.3 is 25.3 Å². The first-order chi connectivity index (χ1) is 9.56. The lowest BCUT2D eigenvalue weighted by Gasteiger charge is -2.17. The van der Waals surface area contributed by atoms with Crippen molar-refractivity contribution in [1.82, 2.24) is 0 Å². The highest BCUT2D eigenvalue weighted by molar-refractivity contribution is 5.97. The minimum absolute atomic E-state index is 0.186. The van der Waals surface area contributed by atoms with E-state index in [1.807, 2.05) is 6.92 Å². The molecule has 1 heterocycles. The lowest BCUT2D eigenvalue weighted by Crippen LogP contribution is -2.31. The van der Waals surface area contributed by atoms with Gasteiger partial charge in [0.15, 0.2) is 11.5 Å². The number of amides is 1. The Morgan fingerprint density at radius 3 is 2.55 bits per heavy atom. The van der Waals surface area contributed by atoms with Crippen LogP contribution in [0.25, 0.3) is 0 Å². The molecule has 0 spiro atoms. The summed E-state index contributed by atoms with van der Waals surface area (Å²) >= 11 is 0. The molecule has 20 heavy (non-hydrogen) atoms.